The van der Waals surface area contributed by atoms with Gasteiger partial charge in [0.25, 0.3) is 0 Å². The monoisotopic (exact) mass is 397 g/mol. The molecule has 2 N–H and O–H groups in total. The molecule has 0 aromatic heterocycles. The van der Waals surface area contributed by atoms with Crippen molar-refractivity contribution in [3.05, 3.63) is 76.7 Å². The van der Waals surface area contributed by atoms with Gasteiger partial charge in [0.1, 0.15) is 5.82 Å². The lowest BCUT2D eigenvalue weighted by atomic mass is 9.94. The molecule has 2 aromatic rings. The molecule has 1 aliphatic rings. The molecule has 2 aromatic carbocycles. The molecule has 0 radical (unpaired) electrons. The number of carbonyl (C=O) groups is 2. The second kappa shape index (κ2) is 8.77. The third-order valence-corrected chi connectivity index (χ3v) is 4.72. The van der Waals surface area contributed by atoms with Crippen LogP contribution in [0.3, 0.4) is 0 Å². The molecule has 0 bridgehead atoms. The first-order chi connectivity index (χ1) is 13.9. The Bertz CT molecular complexity index is 923. The molecule has 0 saturated heterocycles. The van der Waals surface area contributed by atoms with Gasteiger partial charge in [-0.05, 0) is 43.7 Å². The molecule has 6 nitrogen and oxygen atoms in total. The van der Waals surface area contributed by atoms with Crippen molar-refractivity contribution in [1.29, 1.82) is 0 Å². The molecule has 1 atom stereocenters. The van der Waals surface area contributed by atoms with Gasteiger partial charge in [0.15, 0.2) is 0 Å². The maximum absolute atomic E-state index is 13.2. The molecule has 0 unspecified atom stereocenters. The molecular weight excluding hydrogens is 373 g/mol. The number of urea groups is 1. The van der Waals surface area contributed by atoms with Crippen molar-refractivity contribution in [2.75, 3.05) is 25.1 Å². The topological polar surface area (TPSA) is 70.7 Å². The number of nitrogens with zero attached hydrogens (tertiary/aromatic N) is 1. The van der Waals surface area contributed by atoms with Crippen molar-refractivity contribution in [2.24, 2.45) is 0 Å². The third-order valence-electron chi connectivity index (χ3n) is 4.72. The summed E-state index contributed by atoms with van der Waals surface area (Å²) in [5.41, 5.74) is 3.41. The second-order valence-electron chi connectivity index (χ2n) is 6.89. The third kappa shape index (κ3) is 4.74. The maximum atomic E-state index is 13.2. The summed E-state index contributed by atoms with van der Waals surface area (Å²) in [5.74, 6) is -0.823. The minimum Gasteiger partial charge on any atom is -0.463 e. The zero-order chi connectivity index (χ0) is 21.0. The van der Waals surface area contributed by atoms with Gasteiger partial charge >= 0.3 is 12.0 Å². The summed E-state index contributed by atoms with van der Waals surface area (Å²) in [6.45, 7) is 4.17. The number of nitrogens with one attached hydrogen (secondary N) is 2. The lowest BCUT2D eigenvalue weighted by molar-refractivity contribution is -0.139. The zero-order valence-electron chi connectivity index (χ0n) is 16.7. The van der Waals surface area contributed by atoms with Gasteiger partial charge < -0.3 is 20.3 Å². The van der Waals surface area contributed by atoms with Crippen LogP contribution in [0.4, 0.5) is 14.9 Å². The molecule has 29 heavy (non-hydrogen) atoms. The number of amides is 2. The van der Waals surface area contributed by atoms with Crippen LogP contribution in [0.1, 0.15) is 24.1 Å². The normalized spacial score (nSPS) is 16.1. The lowest BCUT2D eigenvalue weighted by Crippen LogP contribution is -2.48. The van der Waals surface area contributed by atoms with E-state index in [1.165, 1.54) is 12.1 Å². The van der Waals surface area contributed by atoms with Crippen LogP contribution >= 0.6 is 0 Å². The van der Waals surface area contributed by atoms with E-state index in [4.69, 9.17) is 4.74 Å². The van der Waals surface area contributed by atoms with Crippen LogP contribution in [0.2, 0.25) is 0 Å². The van der Waals surface area contributed by atoms with Gasteiger partial charge in [-0.2, -0.15) is 0 Å². The van der Waals surface area contributed by atoms with Crippen molar-refractivity contribution in [1.82, 2.24) is 10.6 Å². The SMILES string of the molecule is CCOC(=O)C1=C(CN(C)c2ccc(F)cc2)NC(=O)N[C@H]1c1ccc(C)cc1. The van der Waals surface area contributed by atoms with Gasteiger partial charge in [-0.25, -0.2) is 14.0 Å². The van der Waals surface area contributed by atoms with Crippen LogP contribution < -0.4 is 15.5 Å². The van der Waals surface area contributed by atoms with Crippen LogP contribution in [0.25, 0.3) is 0 Å². The van der Waals surface area contributed by atoms with E-state index >= 15 is 0 Å². The van der Waals surface area contributed by atoms with E-state index in [1.54, 1.807) is 26.1 Å². The second-order valence-corrected chi connectivity index (χ2v) is 6.89. The number of halogens is 1. The highest BCUT2D eigenvalue weighted by Crippen LogP contribution is 2.29. The number of hydrogen-bond acceptors (Lipinski definition) is 4. The molecule has 1 aliphatic heterocycles. The largest absolute Gasteiger partial charge is 0.463 e. The number of esters is 1. The van der Waals surface area contributed by atoms with Crippen LogP contribution in [0.15, 0.2) is 59.8 Å². The van der Waals surface area contributed by atoms with E-state index in [0.29, 0.717) is 11.3 Å². The Morgan fingerprint density at radius 2 is 1.79 bits per heavy atom. The summed E-state index contributed by atoms with van der Waals surface area (Å²) >= 11 is 0. The van der Waals surface area contributed by atoms with E-state index in [0.717, 1.165) is 16.8 Å². The summed E-state index contributed by atoms with van der Waals surface area (Å²) in [7, 11) is 1.80. The Hall–Kier alpha value is -3.35. The molecular formula is C22H24FN3O3. The van der Waals surface area contributed by atoms with E-state index in [1.807, 2.05) is 36.1 Å². The van der Waals surface area contributed by atoms with Crippen molar-refractivity contribution < 1.29 is 18.7 Å². The van der Waals surface area contributed by atoms with Gasteiger partial charge in [0, 0.05) is 12.7 Å². The fourth-order valence-electron chi connectivity index (χ4n) is 3.23. The fourth-order valence-corrected chi connectivity index (χ4v) is 3.23. The summed E-state index contributed by atoms with van der Waals surface area (Å²) in [6, 6.07) is 12.6. The van der Waals surface area contributed by atoms with Crippen molar-refractivity contribution in [2.45, 2.75) is 19.9 Å². The first kappa shape index (κ1) is 20.4. The molecule has 152 valence electrons. The molecule has 7 heteroatoms. The molecule has 0 aliphatic carbocycles. The van der Waals surface area contributed by atoms with E-state index in [2.05, 4.69) is 10.6 Å². The van der Waals surface area contributed by atoms with Crippen molar-refractivity contribution in [3.63, 3.8) is 0 Å². The predicted octanol–water partition coefficient (Wildman–Crippen LogP) is 3.44. The van der Waals surface area contributed by atoms with Crippen LogP contribution in [0, 0.1) is 12.7 Å². The van der Waals surface area contributed by atoms with Gasteiger partial charge in [0.2, 0.25) is 0 Å². The van der Waals surface area contributed by atoms with Gasteiger partial charge in [-0.1, -0.05) is 29.8 Å². The number of hydrogen-bond donors (Lipinski definition) is 2. The summed E-state index contributed by atoms with van der Waals surface area (Å²) < 4.78 is 18.5. The van der Waals surface area contributed by atoms with Crippen molar-refractivity contribution in [3.8, 4) is 0 Å². The number of anilines is 1. The molecule has 0 fully saturated rings. The standard InChI is InChI=1S/C22H24FN3O3/c1-4-29-21(27)19-18(13-26(3)17-11-9-16(23)10-12-17)24-22(28)25-20(19)15-7-5-14(2)6-8-15/h5-12,20H,4,13H2,1-3H3,(H2,24,25,28)/t20-/m0/s1. The Morgan fingerprint density at radius 3 is 2.41 bits per heavy atom. The Kier molecular flexibility index (Phi) is 6.16. The fraction of sp³-hybridized carbons (Fsp3) is 0.273. The Labute approximate surface area is 169 Å². The average Bonchev–Trinajstić information content (AvgIpc) is 2.68. The molecule has 0 spiro atoms. The van der Waals surface area contributed by atoms with Crippen LogP contribution in [-0.4, -0.2) is 32.2 Å². The van der Waals surface area contributed by atoms with Crippen LogP contribution in [0.5, 0.6) is 0 Å². The number of carbonyl (C=O) groups excluding carboxylic acids is 2. The minimum absolute atomic E-state index is 0.220. The first-order valence-electron chi connectivity index (χ1n) is 9.40. The highest BCUT2D eigenvalue weighted by atomic mass is 19.1. The Morgan fingerprint density at radius 1 is 1.14 bits per heavy atom. The van der Waals surface area contributed by atoms with Crippen LogP contribution in [-0.2, 0) is 9.53 Å². The Balaban J connectivity index is 2.00. The minimum atomic E-state index is -0.625. The van der Waals surface area contributed by atoms with Gasteiger partial charge in [0.05, 0.1) is 30.5 Å². The van der Waals surface area contributed by atoms with Crippen molar-refractivity contribution >= 4 is 17.7 Å². The molecule has 3 rings (SSSR count). The molecule has 1 heterocycles. The summed E-state index contributed by atoms with van der Waals surface area (Å²) in [6.07, 6.45) is 0. The molecule has 0 saturated carbocycles. The first-order valence-corrected chi connectivity index (χ1v) is 9.40. The lowest BCUT2D eigenvalue weighted by Gasteiger charge is -2.31. The predicted molar refractivity (Wildman–Crippen MR) is 109 cm³/mol. The number of likely N-dealkylation sites (N-methyl/N-ethyl adjacent to an activating group) is 1. The number of aryl methyl sites for hydroxylation is 1. The number of benzene rings is 2. The quantitative estimate of drug-likeness (QED) is 0.733. The smallest absolute Gasteiger partial charge is 0.338 e. The van der Waals surface area contributed by atoms with Gasteiger partial charge in [-0.15, -0.1) is 0 Å². The molecule has 2 amide bonds. The number of ether oxygens (including phenoxy) is 1. The number of rotatable bonds is 6. The average molecular weight is 397 g/mol. The van der Waals surface area contributed by atoms with E-state index in [-0.39, 0.29) is 19.0 Å². The van der Waals surface area contributed by atoms with E-state index < -0.39 is 18.0 Å². The zero-order valence-corrected chi connectivity index (χ0v) is 16.7. The highest BCUT2D eigenvalue weighted by molar-refractivity contribution is 5.95. The highest BCUT2D eigenvalue weighted by Gasteiger charge is 2.34. The van der Waals surface area contributed by atoms with Gasteiger partial charge in [-0.3, -0.25) is 0 Å². The summed E-state index contributed by atoms with van der Waals surface area (Å²) in [4.78, 5) is 27.0. The summed E-state index contributed by atoms with van der Waals surface area (Å²) in [5, 5.41) is 5.56. The van der Waals surface area contributed by atoms with E-state index in [9.17, 15) is 14.0 Å². The maximum Gasteiger partial charge on any atom is 0.338 e.